The fraction of sp³-hybridized carbons (Fsp3) is 0.559. The Hall–Kier alpha value is -4.26. The van der Waals surface area contributed by atoms with E-state index in [1.807, 2.05) is 66.8 Å². The van der Waals surface area contributed by atoms with E-state index in [1.165, 1.54) is 57.8 Å². The van der Waals surface area contributed by atoms with Gasteiger partial charge in [-0.25, -0.2) is 0 Å². The Bertz CT molecular complexity index is 1470. The summed E-state index contributed by atoms with van der Waals surface area (Å²) in [5.41, 5.74) is 0. The van der Waals surface area contributed by atoms with Crippen LogP contribution < -0.4 is 5.32 Å². The molecule has 6 nitrogen and oxygen atoms in total. The number of carbonyl (C=O) groups excluding carboxylic acids is 2. The molecule has 0 spiro atoms. The largest absolute Gasteiger partial charge is 0.458 e. The predicted molar refractivity (Wildman–Crippen MR) is 282 cm³/mol. The van der Waals surface area contributed by atoms with Crippen LogP contribution in [0, 0.1) is 0 Å². The quantitative estimate of drug-likeness (QED) is 0.0245. The van der Waals surface area contributed by atoms with Crippen molar-refractivity contribution in [3.63, 3.8) is 0 Å². The lowest BCUT2D eigenvalue weighted by Crippen LogP contribution is -2.46. The minimum absolute atomic E-state index is 0.0762. The summed E-state index contributed by atoms with van der Waals surface area (Å²) in [6.45, 7) is 6.16. The van der Waals surface area contributed by atoms with Gasteiger partial charge >= 0.3 is 5.97 Å². The SMILES string of the molecule is CC\C=C/C=C/C=C/C=C\C=C\C=C\CCCCCC(=O)OC(/C=C\C/C=C\C/C=C\C/C=C\C/C=C\C/C=C\CC)CC(=O)NC(CO)C(O)CCCCCCCCCCCCCC. The van der Waals surface area contributed by atoms with E-state index in [4.69, 9.17) is 4.74 Å². The first-order chi connectivity index (χ1) is 32.0. The highest BCUT2D eigenvalue weighted by Crippen LogP contribution is 2.15. The second-order valence-electron chi connectivity index (χ2n) is 16.6. The average Bonchev–Trinajstić information content (AvgIpc) is 3.30. The first-order valence-corrected chi connectivity index (χ1v) is 25.7. The number of hydrogen-bond acceptors (Lipinski definition) is 5. The number of aliphatic hydroxyl groups excluding tert-OH is 2. The number of carbonyl (C=O) groups is 2. The molecule has 65 heavy (non-hydrogen) atoms. The third kappa shape index (κ3) is 46.1. The van der Waals surface area contributed by atoms with Gasteiger partial charge in [0.1, 0.15) is 6.10 Å². The van der Waals surface area contributed by atoms with Gasteiger partial charge < -0.3 is 20.3 Å². The maximum Gasteiger partial charge on any atom is 0.306 e. The molecular formula is C59H93NO5. The van der Waals surface area contributed by atoms with Gasteiger partial charge in [-0.15, -0.1) is 0 Å². The number of amides is 1. The summed E-state index contributed by atoms with van der Waals surface area (Å²) in [6, 6.07) is -0.763. The van der Waals surface area contributed by atoms with E-state index >= 15 is 0 Å². The minimum Gasteiger partial charge on any atom is -0.458 e. The first kappa shape index (κ1) is 60.7. The molecule has 0 heterocycles. The Labute approximate surface area is 398 Å². The number of aliphatic hydroxyl groups is 2. The van der Waals surface area contributed by atoms with Gasteiger partial charge in [0, 0.05) is 6.42 Å². The zero-order valence-corrected chi connectivity index (χ0v) is 41.3. The summed E-state index contributed by atoms with van der Waals surface area (Å²) in [5, 5.41) is 23.7. The maximum atomic E-state index is 13.2. The van der Waals surface area contributed by atoms with Crippen molar-refractivity contribution in [2.24, 2.45) is 0 Å². The standard InChI is InChI=1S/C59H93NO5/c1-4-7-10-13-16-19-22-25-27-29-31-33-35-38-41-44-47-50-55(65-59(64)52-49-46-43-40-37-34-32-30-28-26-23-20-17-14-11-8-5-2)53-58(63)60-56(54-61)57(62)51-48-45-42-39-36-24-21-18-15-12-9-6-3/h7-8,10-11,14,16-17,19-20,23,25-28,30-34,37-38,41,47,50,55-57,61-62H,4-6,9,12-13,15,18,21-22,24,29,35-36,39-40,42-46,48-49,51-54H2,1-3H3,(H,60,63)/b10-7-,11-8-,17-14+,19-16-,23-20+,27-25-,28-26-,32-30+,33-31-,37-34+,41-38-,50-47-. The van der Waals surface area contributed by atoms with E-state index in [0.29, 0.717) is 19.3 Å². The fourth-order valence-electron chi connectivity index (χ4n) is 6.75. The molecule has 0 saturated heterocycles. The lowest BCUT2D eigenvalue weighted by molar-refractivity contribution is -0.148. The van der Waals surface area contributed by atoms with E-state index in [9.17, 15) is 19.8 Å². The molecule has 0 aliphatic rings. The summed E-state index contributed by atoms with van der Waals surface area (Å²) < 4.78 is 5.80. The van der Waals surface area contributed by atoms with Crippen LogP contribution in [-0.2, 0) is 14.3 Å². The van der Waals surface area contributed by atoms with Gasteiger partial charge in [-0.3, -0.25) is 9.59 Å². The van der Waals surface area contributed by atoms with Gasteiger partial charge in [-0.2, -0.15) is 0 Å². The summed E-state index contributed by atoms with van der Waals surface area (Å²) in [4.78, 5) is 26.1. The molecule has 0 bridgehead atoms. The lowest BCUT2D eigenvalue weighted by atomic mass is 10.0. The Kier molecular flexibility index (Phi) is 47.4. The number of allylic oxidation sites excluding steroid dienone is 23. The molecule has 1 amide bonds. The molecule has 0 aromatic heterocycles. The van der Waals surface area contributed by atoms with Crippen LogP contribution in [0.2, 0.25) is 0 Å². The minimum atomic E-state index is -0.838. The highest BCUT2D eigenvalue weighted by atomic mass is 16.5. The van der Waals surface area contributed by atoms with Crippen LogP contribution in [0.4, 0.5) is 0 Å². The normalized spacial score (nSPS) is 14.5. The van der Waals surface area contributed by atoms with Gasteiger partial charge in [0.15, 0.2) is 0 Å². The number of ether oxygens (including phenoxy) is 1. The van der Waals surface area contributed by atoms with Crippen LogP contribution in [0.1, 0.15) is 188 Å². The molecule has 0 radical (unpaired) electrons. The van der Waals surface area contributed by atoms with Crippen molar-refractivity contribution in [2.45, 2.75) is 206 Å². The van der Waals surface area contributed by atoms with E-state index in [2.05, 4.69) is 99.0 Å². The predicted octanol–water partition coefficient (Wildman–Crippen LogP) is 15.6. The van der Waals surface area contributed by atoms with Crippen molar-refractivity contribution in [3.05, 3.63) is 146 Å². The van der Waals surface area contributed by atoms with Crippen molar-refractivity contribution < 1.29 is 24.5 Å². The Balaban J connectivity index is 4.91. The number of nitrogens with one attached hydrogen (secondary N) is 1. The molecular weight excluding hydrogens is 803 g/mol. The van der Waals surface area contributed by atoms with Gasteiger partial charge in [-0.1, -0.05) is 244 Å². The summed E-state index contributed by atoms with van der Waals surface area (Å²) in [5.74, 6) is -0.698. The number of hydrogen-bond donors (Lipinski definition) is 3. The molecule has 0 saturated carbocycles. The Morgan fingerprint density at radius 3 is 1.42 bits per heavy atom. The van der Waals surface area contributed by atoms with Gasteiger partial charge in [-0.05, 0) is 76.7 Å². The van der Waals surface area contributed by atoms with Crippen LogP contribution in [-0.4, -0.2) is 46.9 Å². The van der Waals surface area contributed by atoms with Crippen LogP contribution >= 0.6 is 0 Å². The molecule has 0 aromatic rings. The molecule has 0 aliphatic heterocycles. The second kappa shape index (κ2) is 50.7. The molecule has 3 N–H and O–H groups in total. The summed E-state index contributed by atoms with van der Waals surface area (Å²) >= 11 is 0. The highest BCUT2D eigenvalue weighted by Gasteiger charge is 2.23. The molecule has 6 heteroatoms. The third-order valence-corrected chi connectivity index (χ3v) is 10.6. The van der Waals surface area contributed by atoms with E-state index in [0.717, 1.165) is 77.0 Å². The van der Waals surface area contributed by atoms with Crippen molar-refractivity contribution in [3.8, 4) is 0 Å². The number of esters is 1. The summed E-state index contributed by atoms with van der Waals surface area (Å²) in [6.07, 6.45) is 73.6. The number of unbranched alkanes of at least 4 members (excludes halogenated alkanes) is 14. The van der Waals surface area contributed by atoms with Gasteiger partial charge in [0.05, 0.1) is 25.2 Å². The average molecular weight is 896 g/mol. The molecule has 0 fully saturated rings. The molecule has 3 unspecified atom stereocenters. The molecule has 0 rings (SSSR count). The maximum absolute atomic E-state index is 13.2. The molecule has 0 aromatic carbocycles. The topological polar surface area (TPSA) is 95.9 Å². The lowest BCUT2D eigenvalue weighted by Gasteiger charge is -2.23. The van der Waals surface area contributed by atoms with Crippen molar-refractivity contribution in [1.82, 2.24) is 5.32 Å². The third-order valence-electron chi connectivity index (χ3n) is 10.6. The monoisotopic (exact) mass is 896 g/mol. The van der Waals surface area contributed by atoms with E-state index in [-0.39, 0.29) is 31.3 Å². The first-order valence-electron chi connectivity index (χ1n) is 25.7. The van der Waals surface area contributed by atoms with Crippen molar-refractivity contribution in [2.75, 3.05) is 6.61 Å². The van der Waals surface area contributed by atoms with Crippen molar-refractivity contribution >= 4 is 11.9 Å². The fourth-order valence-corrected chi connectivity index (χ4v) is 6.75. The number of rotatable bonds is 43. The Morgan fingerprint density at radius 2 is 0.923 bits per heavy atom. The van der Waals surface area contributed by atoms with Crippen LogP contribution in [0.5, 0.6) is 0 Å². The van der Waals surface area contributed by atoms with Gasteiger partial charge in [0.25, 0.3) is 0 Å². The second-order valence-corrected chi connectivity index (χ2v) is 16.6. The van der Waals surface area contributed by atoms with Crippen LogP contribution in [0.25, 0.3) is 0 Å². The molecule has 3 atom stereocenters. The summed E-state index contributed by atoms with van der Waals surface area (Å²) in [7, 11) is 0. The van der Waals surface area contributed by atoms with E-state index < -0.39 is 18.2 Å². The highest BCUT2D eigenvalue weighted by molar-refractivity contribution is 5.78. The smallest absolute Gasteiger partial charge is 0.306 e. The molecule has 364 valence electrons. The van der Waals surface area contributed by atoms with Crippen LogP contribution in [0.3, 0.4) is 0 Å². The zero-order valence-electron chi connectivity index (χ0n) is 41.3. The van der Waals surface area contributed by atoms with Crippen molar-refractivity contribution in [1.29, 1.82) is 0 Å². The Morgan fingerprint density at radius 1 is 0.492 bits per heavy atom. The van der Waals surface area contributed by atoms with E-state index in [1.54, 1.807) is 6.08 Å². The van der Waals surface area contributed by atoms with Crippen LogP contribution in [0.15, 0.2) is 146 Å². The molecule has 0 aliphatic carbocycles. The zero-order chi connectivity index (χ0) is 47.4. The van der Waals surface area contributed by atoms with Gasteiger partial charge in [0.2, 0.25) is 5.91 Å².